The number of nitrogens with zero attached hydrogens (tertiary/aromatic N) is 2. The molecular weight excluding hydrogens is 324 g/mol. The molecule has 0 radical (unpaired) electrons. The zero-order valence-electron chi connectivity index (χ0n) is 14.6. The van der Waals surface area contributed by atoms with E-state index in [1.807, 2.05) is 48.7 Å². The summed E-state index contributed by atoms with van der Waals surface area (Å²) in [5.74, 6) is -0.0855. The molecule has 1 saturated heterocycles. The Morgan fingerprint density at radius 2 is 1.92 bits per heavy atom. The number of aromatic nitrogens is 2. The lowest BCUT2D eigenvalue weighted by Gasteiger charge is -2.15. The first-order valence-electron chi connectivity index (χ1n) is 9.00. The van der Waals surface area contributed by atoms with Crippen LogP contribution in [0.15, 0.2) is 60.9 Å². The first-order valence-corrected chi connectivity index (χ1v) is 9.00. The zero-order valence-corrected chi connectivity index (χ0v) is 14.6. The Morgan fingerprint density at radius 1 is 1.08 bits per heavy atom. The quantitative estimate of drug-likeness (QED) is 0.736. The molecule has 2 N–H and O–H groups in total. The van der Waals surface area contributed by atoms with Gasteiger partial charge in [-0.05, 0) is 61.3 Å². The molecule has 0 saturated carbocycles. The Morgan fingerprint density at radius 3 is 2.73 bits per heavy atom. The fraction of sp³-hybridized carbons (Fsp3) is 0.238. The van der Waals surface area contributed by atoms with E-state index in [-0.39, 0.29) is 5.91 Å². The minimum Gasteiger partial charge on any atom is -0.322 e. The number of likely N-dealkylation sites (tertiary alicyclic amines) is 1. The van der Waals surface area contributed by atoms with Crippen LogP contribution in [-0.2, 0) is 6.54 Å². The Balaban J connectivity index is 1.47. The summed E-state index contributed by atoms with van der Waals surface area (Å²) in [4.78, 5) is 15.1. The summed E-state index contributed by atoms with van der Waals surface area (Å²) in [6, 6.07) is 15.7. The van der Waals surface area contributed by atoms with Crippen LogP contribution in [0, 0.1) is 0 Å². The molecule has 2 aromatic carbocycles. The summed E-state index contributed by atoms with van der Waals surface area (Å²) < 4.78 is 0. The van der Waals surface area contributed by atoms with E-state index in [9.17, 15) is 4.79 Å². The Bertz CT molecular complexity index is 883. The van der Waals surface area contributed by atoms with Crippen molar-refractivity contribution in [3.63, 3.8) is 0 Å². The molecule has 1 aliphatic heterocycles. The van der Waals surface area contributed by atoms with Crippen molar-refractivity contribution in [2.45, 2.75) is 19.4 Å². The van der Waals surface area contributed by atoms with E-state index in [1.165, 1.54) is 18.4 Å². The standard InChI is InChI=1S/C21H22N4O/c26-21(18-7-3-5-16(11-18)15-25-9-1-2-10-25)24-20-8-4-6-17(12-20)19-13-22-23-14-19/h3-8,11-14H,1-2,9-10,15H2,(H,22,23)(H,24,26). The SMILES string of the molecule is O=C(Nc1cccc(-c2cn[nH]c2)c1)c1cccc(CN2CCCC2)c1. The fourth-order valence-corrected chi connectivity index (χ4v) is 3.40. The minimum atomic E-state index is -0.0855. The number of hydrogen-bond donors (Lipinski definition) is 2. The van der Waals surface area contributed by atoms with Crippen LogP contribution >= 0.6 is 0 Å². The summed E-state index contributed by atoms with van der Waals surface area (Å²) in [5, 5.41) is 9.78. The van der Waals surface area contributed by atoms with Crippen molar-refractivity contribution in [1.82, 2.24) is 15.1 Å². The molecule has 5 nitrogen and oxygen atoms in total. The molecule has 0 atom stereocenters. The number of carbonyl (C=O) groups excluding carboxylic acids is 1. The van der Waals surface area contributed by atoms with Crippen molar-refractivity contribution in [3.8, 4) is 11.1 Å². The largest absolute Gasteiger partial charge is 0.322 e. The van der Waals surface area contributed by atoms with Crippen LogP contribution in [-0.4, -0.2) is 34.1 Å². The fourth-order valence-electron chi connectivity index (χ4n) is 3.40. The van der Waals surface area contributed by atoms with Gasteiger partial charge in [0.05, 0.1) is 6.20 Å². The summed E-state index contributed by atoms with van der Waals surface area (Å²) in [6.07, 6.45) is 6.14. The lowest BCUT2D eigenvalue weighted by atomic mass is 10.1. The van der Waals surface area contributed by atoms with Crippen molar-refractivity contribution in [2.75, 3.05) is 18.4 Å². The average Bonchev–Trinajstić information content (AvgIpc) is 3.36. The highest BCUT2D eigenvalue weighted by molar-refractivity contribution is 6.04. The third kappa shape index (κ3) is 3.83. The van der Waals surface area contributed by atoms with Gasteiger partial charge >= 0.3 is 0 Å². The van der Waals surface area contributed by atoms with Gasteiger partial charge in [-0.15, -0.1) is 0 Å². The van der Waals surface area contributed by atoms with Gasteiger partial charge in [0.1, 0.15) is 0 Å². The smallest absolute Gasteiger partial charge is 0.255 e. The van der Waals surface area contributed by atoms with E-state index in [1.54, 1.807) is 6.20 Å². The number of anilines is 1. The van der Waals surface area contributed by atoms with Crippen LogP contribution in [0.25, 0.3) is 11.1 Å². The Hall–Kier alpha value is -2.92. The molecule has 1 aliphatic rings. The maximum atomic E-state index is 12.7. The van der Waals surface area contributed by atoms with Crippen LogP contribution in [0.1, 0.15) is 28.8 Å². The topological polar surface area (TPSA) is 61.0 Å². The van der Waals surface area contributed by atoms with E-state index < -0.39 is 0 Å². The maximum absolute atomic E-state index is 12.7. The summed E-state index contributed by atoms with van der Waals surface area (Å²) in [6.45, 7) is 3.21. The van der Waals surface area contributed by atoms with Crippen molar-refractivity contribution < 1.29 is 4.79 Å². The second-order valence-electron chi connectivity index (χ2n) is 6.71. The van der Waals surface area contributed by atoms with E-state index in [0.717, 1.165) is 36.4 Å². The Kier molecular flexibility index (Phi) is 4.80. The molecule has 4 rings (SSSR count). The van der Waals surface area contributed by atoms with Gasteiger partial charge in [-0.25, -0.2) is 0 Å². The average molecular weight is 346 g/mol. The highest BCUT2D eigenvalue weighted by atomic mass is 16.1. The molecule has 0 bridgehead atoms. The molecule has 0 aliphatic carbocycles. The number of aromatic amines is 1. The molecular formula is C21H22N4O. The summed E-state index contributed by atoms with van der Waals surface area (Å²) >= 11 is 0. The number of amides is 1. The van der Waals surface area contributed by atoms with Crippen molar-refractivity contribution in [1.29, 1.82) is 0 Å². The number of carbonyl (C=O) groups is 1. The molecule has 26 heavy (non-hydrogen) atoms. The first kappa shape index (κ1) is 16.5. The third-order valence-corrected chi connectivity index (χ3v) is 4.75. The van der Waals surface area contributed by atoms with E-state index in [0.29, 0.717) is 5.56 Å². The summed E-state index contributed by atoms with van der Waals surface area (Å²) in [5.41, 5.74) is 4.66. The number of H-pyrrole nitrogens is 1. The summed E-state index contributed by atoms with van der Waals surface area (Å²) in [7, 11) is 0. The van der Waals surface area contributed by atoms with Crippen molar-refractivity contribution in [2.24, 2.45) is 0 Å². The molecule has 3 aromatic rings. The van der Waals surface area contributed by atoms with Crippen LogP contribution in [0.5, 0.6) is 0 Å². The highest BCUT2D eigenvalue weighted by Gasteiger charge is 2.13. The second kappa shape index (κ2) is 7.54. The first-order chi connectivity index (χ1) is 12.8. The van der Waals surface area contributed by atoms with Gasteiger partial charge in [-0.1, -0.05) is 24.3 Å². The van der Waals surface area contributed by atoms with Crippen LogP contribution in [0.4, 0.5) is 5.69 Å². The van der Waals surface area contributed by atoms with E-state index in [2.05, 4.69) is 26.5 Å². The normalized spacial score (nSPS) is 14.5. The molecule has 0 spiro atoms. The van der Waals surface area contributed by atoms with Gasteiger partial charge in [0.25, 0.3) is 5.91 Å². The molecule has 132 valence electrons. The number of hydrogen-bond acceptors (Lipinski definition) is 3. The van der Waals surface area contributed by atoms with Gasteiger partial charge in [-0.2, -0.15) is 5.10 Å². The monoisotopic (exact) mass is 346 g/mol. The van der Waals surface area contributed by atoms with E-state index in [4.69, 9.17) is 0 Å². The van der Waals surface area contributed by atoms with E-state index >= 15 is 0 Å². The van der Waals surface area contributed by atoms with Crippen LogP contribution < -0.4 is 5.32 Å². The number of benzene rings is 2. The third-order valence-electron chi connectivity index (χ3n) is 4.75. The molecule has 1 amide bonds. The lowest BCUT2D eigenvalue weighted by molar-refractivity contribution is 0.102. The zero-order chi connectivity index (χ0) is 17.8. The molecule has 5 heteroatoms. The van der Waals surface area contributed by atoms with Crippen molar-refractivity contribution in [3.05, 3.63) is 72.1 Å². The lowest BCUT2D eigenvalue weighted by Crippen LogP contribution is -2.19. The van der Waals surface area contributed by atoms with Gasteiger partial charge in [-0.3, -0.25) is 14.8 Å². The van der Waals surface area contributed by atoms with Gasteiger partial charge in [0.15, 0.2) is 0 Å². The van der Waals surface area contributed by atoms with Crippen molar-refractivity contribution >= 4 is 11.6 Å². The maximum Gasteiger partial charge on any atom is 0.255 e. The second-order valence-corrected chi connectivity index (χ2v) is 6.71. The van der Waals surface area contributed by atoms with Gasteiger partial charge < -0.3 is 5.32 Å². The van der Waals surface area contributed by atoms with Crippen LogP contribution in [0.2, 0.25) is 0 Å². The van der Waals surface area contributed by atoms with Gasteiger partial charge in [0.2, 0.25) is 0 Å². The molecule has 2 heterocycles. The molecule has 1 fully saturated rings. The Labute approximate surface area is 153 Å². The molecule has 0 unspecified atom stereocenters. The van der Waals surface area contributed by atoms with Crippen LogP contribution in [0.3, 0.4) is 0 Å². The number of rotatable bonds is 5. The van der Waals surface area contributed by atoms with Gasteiger partial charge in [0, 0.05) is 29.6 Å². The predicted octanol–water partition coefficient (Wildman–Crippen LogP) is 3.92. The predicted molar refractivity (Wildman–Crippen MR) is 103 cm³/mol. The molecule has 1 aromatic heterocycles. The number of nitrogens with one attached hydrogen (secondary N) is 2. The minimum absolute atomic E-state index is 0.0855. The highest BCUT2D eigenvalue weighted by Crippen LogP contribution is 2.22.